The average molecular weight is 221 g/mol. The maximum absolute atomic E-state index is 6.32. The van der Waals surface area contributed by atoms with Gasteiger partial charge >= 0.3 is 0 Å². The molecule has 3 nitrogen and oxygen atoms in total. The molecule has 0 atom stereocenters. The van der Waals surface area contributed by atoms with Gasteiger partial charge in [0.2, 0.25) is 0 Å². The van der Waals surface area contributed by atoms with Crippen molar-refractivity contribution in [2.75, 3.05) is 14.2 Å². The van der Waals surface area contributed by atoms with Gasteiger partial charge in [0.1, 0.15) is 5.75 Å². The van der Waals surface area contributed by atoms with Crippen LogP contribution in [0.25, 0.3) is 0 Å². The fraction of sp³-hybridized carbons (Fsp3) is 0.538. The van der Waals surface area contributed by atoms with E-state index in [2.05, 4.69) is 6.07 Å². The molecule has 88 valence electrons. The van der Waals surface area contributed by atoms with Gasteiger partial charge in [0.15, 0.2) is 0 Å². The van der Waals surface area contributed by atoms with Crippen molar-refractivity contribution in [2.45, 2.75) is 31.4 Å². The smallest absolute Gasteiger partial charge is 0.119 e. The molecule has 2 N–H and O–H groups in total. The molecule has 0 aromatic heterocycles. The number of rotatable bonds is 4. The highest BCUT2D eigenvalue weighted by Crippen LogP contribution is 2.40. The van der Waals surface area contributed by atoms with Crippen LogP contribution >= 0.6 is 0 Å². The lowest BCUT2D eigenvalue weighted by molar-refractivity contribution is 0.184. The molecule has 0 aliphatic heterocycles. The molecule has 1 aliphatic carbocycles. The Balaban J connectivity index is 2.32. The lowest BCUT2D eigenvalue weighted by Gasteiger charge is -2.39. The van der Waals surface area contributed by atoms with Crippen molar-refractivity contribution in [1.29, 1.82) is 0 Å². The van der Waals surface area contributed by atoms with Crippen molar-refractivity contribution < 1.29 is 9.47 Å². The molecule has 1 aromatic rings. The van der Waals surface area contributed by atoms with Gasteiger partial charge in [0.25, 0.3) is 0 Å². The van der Waals surface area contributed by atoms with E-state index in [-0.39, 0.29) is 5.54 Å². The molecule has 2 rings (SSSR count). The van der Waals surface area contributed by atoms with Crippen molar-refractivity contribution in [1.82, 2.24) is 0 Å². The summed E-state index contributed by atoms with van der Waals surface area (Å²) in [7, 11) is 3.38. The molecule has 16 heavy (non-hydrogen) atoms. The van der Waals surface area contributed by atoms with Gasteiger partial charge in [0, 0.05) is 12.6 Å². The number of hydrogen-bond acceptors (Lipinski definition) is 3. The fourth-order valence-corrected chi connectivity index (χ4v) is 2.16. The lowest BCUT2D eigenvalue weighted by atomic mass is 9.72. The zero-order chi connectivity index (χ0) is 11.6. The largest absolute Gasteiger partial charge is 0.497 e. The second kappa shape index (κ2) is 4.44. The molecule has 0 unspecified atom stereocenters. The third-order valence-electron chi connectivity index (χ3n) is 3.33. The summed E-state index contributed by atoms with van der Waals surface area (Å²) >= 11 is 0. The molecule has 3 heteroatoms. The summed E-state index contributed by atoms with van der Waals surface area (Å²) in [5.41, 5.74) is 8.47. The minimum absolute atomic E-state index is 0.142. The SMILES string of the molecule is COCc1cc(OC)cc(C2(N)CCC2)c1. The van der Waals surface area contributed by atoms with Crippen LogP contribution in [-0.4, -0.2) is 14.2 Å². The zero-order valence-corrected chi connectivity index (χ0v) is 9.95. The minimum atomic E-state index is -0.142. The molecule has 1 saturated carbocycles. The Hall–Kier alpha value is -1.06. The normalized spacial score (nSPS) is 17.9. The molecule has 0 heterocycles. The molecule has 1 fully saturated rings. The van der Waals surface area contributed by atoms with E-state index < -0.39 is 0 Å². The third kappa shape index (κ3) is 2.06. The third-order valence-corrected chi connectivity index (χ3v) is 3.33. The summed E-state index contributed by atoms with van der Waals surface area (Å²) in [5, 5.41) is 0. The summed E-state index contributed by atoms with van der Waals surface area (Å²) in [6.45, 7) is 0.598. The number of nitrogens with two attached hydrogens (primary N) is 1. The highest BCUT2D eigenvalue weighted by molar-refractivity contribution is 5.39. The van der Waals surface area contributed by atoms with Gasteiger partial charge in [-0.05, 0) is 42.5 Å². The van der Waals surface area contributed by atoms with Crippen molar-refractivity contribution in [3.05, 3.63) is 29.3 Å². The Labute approximate surface area is 96.5 Å². The van der Waals surface area contributed by atoms with E-state index in [1.165, 1.54) is 12.0 Å². The van der Waals surface area contributed by atoms with E-state index in [0.29, 0.717) is 6.61 Å². The second-order valence-corrected chi connectivity index (χ2v) is 4.51. The summed E-state index contributed by atoms with van der Waals surface area (Å²) in [6.07, 6.45) is 3.34. The lowest BCUT2D eigenvalue weighted by Crippen LogP contribution is -2.43. The molecule has 0 radical (unpaired) electrons. The maximum Gasteiger partial charge on any atom is 0.119 e. The van der Waals surface area contributed by atoms with E-state index >= 15 is 0 Å². The van der Waals surface area contributed by atoms with E-state index in [1.807, 2.05) is 12.1 Å². The summed E-state index contributed by atoms with van der Waals surface area (Å²) in [5.74, 6) is 0.862. The Bertz CT molecular complexity index is 372. The average Bonchev–Trinajstić information content (AvgIpc) is 2.26. The van der Waals surface area contributed by atoms with Crippen LogP contribution in [0.5, 0.6) is 5.75 Å². The summed E-state index contributed by atoms with van der Waals surface area (Å²) < 4.78 is 10.4. The van der Waals surface area contributed by atoms with E-state index in [0.717, 1.165) is 24.2 Å². The van der Waals surface area contributed by atoms with Gasteiger partial charge in [-0.3, -0.25) is 0 Å². The van der Waals surface area contributed by atoms with Gasteiger partial charge in [-0.15, -0.1) is 0 Å². The Morgan fingerprint density at radius 1 is 1.25 bits per heavy atom. The minimum Gasteiger partial charge on any atom is -0.497 e. The first-order valence-corrected chi connectivity index (χ1v) is 5.64. The predicted octanol–water partition coefficient (Wildman–Crippen LogP) is 2.18. The van der Waals surface area contributed by atoms with E-state index in [4.69, 9.17) is 15.2 Å². The summed E-state index contributed by atoms with van der Waals surface area (Å²) in [4.78, 5) is 0. The van der Waals surface area contributed by atoms with Crippen LogP contribution in [0.4, 0.5) is 0 Å². The first kappa shape index (κ1) is 11.4. The molecular weight excluding hydrogens is 202 g/mol. The first-order valence-electron chi connectivity index (χ1n) is 5.64. The van der Waals surface area contributed by atoms with Gasteiger partial charge in [-0.25, -0.2) is 0 Å². The zero-order valence-electron chi connectivity index (χ0n) is 9.95. The first-order chi connectivity index (χ1) is 7.68. The molecule has 0 amide bonds. The van der Waals surface area contributed by atoms with Crippen molar-refractivity contribution in [3.63, 3.8) is 0 Å². The van der Waals surface area contributed by atoms with Gasteiger partial charge in [-0.1, -0.05) is 6.07 Å². The molecular formula is C13H19NO2. The van der Waals surface area contributed by atoms with Crippen LogP contribution in [0.1, 0.15) is 30.4 Å². The Morgan fingerprint density at radius 3 is 2.50 bits per heavy atom. The molecule has 1 aromatic carbocycles. The van der Waals surface area contributed by atoms with E-state index in [1.54, 1.807) is 14.2 Å². The van der Waals surface area contributed by atoms with Crippen molar-refractivity contribution >= 4 is 0 Å². The Kier molecular flexibility index (Phi) is 3.17. The molecule has 0 bridgehead atoms. The molecule has 0 spiro atoms. The van der Waals surface area contributed by atoms with Gasteiger partial charge < -0.3 is 15.2 Å². The summed E-state index contributed by atoms with van der Waals surface area (Å²) in [6, 6.07) is 6.17. The standard InChI is InChI=1S/C13H19NO2/c1-15-9-10-6-11(8-12(7-10)16-2)13(14)4-3-5-13/h6-8H,3-5,9,14H2,1-2H3. The van der Waals surface area contributed by atoms with Crippen LogP contribution < -0.4 is 10.5 Å². The fourth-order valence-electron chi connectivity index (χ4n) is 2.16. The Morgan fingerprint density at radius 2 is 2.00 bits per heavy atom. The topological polar surface area (TPSA) is 44.5 Å². The maximum atomic E-state index is 6.32. The van der Waals surface area contributed by atoms with Crippen LogP contribution in [0, 0.1) is 0 Å². The van der Waals surface area contributed by atoms with Gasteiger partial charge in [0.05, 0.1) is 13.7 Å². The van der Waals surface area contributed by atoms with Crippen molar-refractivity contribution in [3.8, 4) is 5.75 Å². The van der Waals surface area contributed by atoms with Crippen LogP contribution in [0.15, 0.2) is 18.2 Å². The highest BCUT2D eigenvalue weighted by Gasteiger charge is 2.34. The molecule has 1 aliphatic rings. The van der Waals surface area contributed by atoms with E-state index in [9.17, 15) is 0 Å². The van der Waals surface area contributed by atoms with Crippen molar-refractivity contribution in [2.24, 2.45) is 5.73 Å². The van der Waals surface area contributed by atoms with Crippen LogP contribution in [-0.2, 0) is 16.9 Å². The highest BCUT2D eigenvalue weighted by atomic mass is 16.5. The number of methoxy groups -OCH3 is 2. The quantitative estimate of drug-likeness (QED) is 0.847. The number of hydrogen-bond donors (Lipinski definition) is 1. The number of benzene rings is 1. The monoisotopic (exact) mass is 221 g/mol. The predicted molar refractivity (Wildman–Crippen MR) is 63.4 cm³/mol. The van der Waals surface area contributed by atoms with Gasteiger partial charge in [-0.2, -0.15) is 0 Å². The van der Waals surface area contributed by atoms with Crippen LogP contribution in [0.3, 0.4) is 0 Å². The second-order valence-electron chi connectivity index (χ2n) is 4.51. The van der Waals surface area contributed by atoms with Crippen LogP contribution in [0.2, 0.25) is 0 Å². The molecule has 0 saturated heterocycles. The number of ether oxygens (including phenoxy) is 2.